The van der Waals surface area contributed by atoms with Crippen LogP contribution in [0.5, 0.6) is 11.5 Å². The molecule has 1 heterocycles. The molecule has 7 heteroatoms. The fourth-order valence-electron chi connectivity index (χ4n) is 5.27. The summed E-state index contributed by atoms with van der Waals surface area (Å²) in [5.74, 6) is 0.683. The van der Waals surface area contributed by atoms with E-state index in [2.05, 4.69) is 43.3 Å². The van der Waals surface area contributed by atoms with Crippen LogP contribution in [-0.4, -0.2) is 31.0 Å². The van der Waals surface area contributed by atoms with Gasteiger partial charge < -0.3 is 20.1 Å². The Bertz CT molecular complexity index is 1230. The number of benzene rings is 2. The van der Waals surface area contributed by atoms with E-state index in [0.717, 1.165) is 48.3 Å². The standard InChI is InChI=1S/C33H43N3O4/c1-7-8-9-16-25(29-27(39-5)18-13-19-28(29)40-6)30(33(2,3)4)32(38)36-24-15-12-14-23(21-24)22-35-31(37)26-17-10-11-20-34-26/h10-15,17-21,25,30H,7-9,16,22H2,1-6H3,(H,35,37)(H,36,38). The molecule has 2 amide bonds. The molecule has 0 fully saturated rings. The van der Waals surface area contributed by atoms with Crippen LogP contribution in [0.15, 0.2) is 66.9 Å². The quantitative estimate of drug-likeness (QED) is 0.226. The van der Waals surface area contributed by atoms with Crippen LogP contribution in [0.4, 0.5) is 5.69 Å². The highest BCUT2D eigenvalue weighted by Gasteiger charge is 2.41. The number of nitrogens with one attached hydrogen (secondary N) is 2. The van der Waals surface area contributed by atoms with E-state index in [4.69, 9.17) is 9.47 Å². The highest BCUT2D eigenvalue weighted by molar-refractivity contribution is 5.94. The van der Waals surface area contributed by atoms with Crippen LogP contribution in [0.2, 0.25) is 0 Å². The van der Waals surface area contributed by atoms with Gasteiger partial charge in [0, 0.05) is 29.9 Å². The lowest BCUT2D eigenvalue weighted by Crippen LogP contribution is -2.38. The van der Waals surface area contributed by atoms with E-state index in [9.17, 15) is 9.59 Å². The first-order valence-corrected chi connectivity index (χ1v) is 14.0. The number of ether oxygens (including phenoxy) is 2. The average molecular weight is 546 g/mol. The Morgan fingerprint density at radius 2 is 1.62 bits per heavy atom. The Morgan fingerprint density at radius 3 is 2.23 bits per heavy atom. The Hall–Kier alpha value is -3.87. The second kappa shape index (κ2) is 14.5. The molecule has 40 heavy (non-hydrogen) atoms. The lowest BCUT2D eigenvalue weighted by molar-refractivity contribution is -0.124. The molecule has 2 N–H and O–H groups in total. The molecule has 0 aliphatic heterocycles. The van der Waals surface area contributed by atoms with Gasteiger partial charge in [-0.1, -0.05) is 71.2 Å². The minimum atomic E-state index is -0.359. The number of nitrogens with zero attached hydrogens (tertiary/aromatic N) is 1. The van der Waals surface area contributed by atoms with Crippen LogP contribution < -0.4 is 20.1 Å². The summed E-state index contributed by atoms with van der Waals surface area (Å²) in [6.07, 6.45) is 5.59. The van der Waals surface area contributed by atoms with E-state index in [0.29, 0.717) is 17.9 Å². The first-order valence-electron chi connectivity index (χ1n) is 14.0. The van der Waals surface area contributed by atoms with Gasteiger partial charge in [0.05, 0.1) is 20.1 Å². The summed E-state index contributed by atoms with van der Waals surface area (Å²) in [6, 6.07) is 18.6. The number of carbonyl (C=O) groups excluding carboxylic acids is 2. The highest BCUT2D eigenvalue weighted by atomic mass is 16.5. The number of methoxy groups -OCH3 is 2. The molecule has 2 atom stereocenters. The molecular formula is C33H43N3O4. The molecule has 214 valence electrons. The van der Waals surface area contributed by atoms with Crippen LogP contribution in [0, 0.1) is 11.3 Å². The van der Waals surface area contributed by atoms with Crippen LogP contribution in [0.25, 0.3) is 0 Å². The first kappa shape index (κ1) is 30.7. The fourth-order valence-corrected chi connectivity index (χ4v) is 5.27. The summed E-state index contributed by atoms with van der Waals surface area (Å²) in [6.45, 7) is 8.82. The minimum absolute atomic E-state index is 0.0587. The molecule has 1 aromatic heterocycles. The van der Waals surface area contributed by atoms with Crippen LogP contribution in [0.3, 0.4) is 0 Å². The third kappa shape index (κ3) is 8.07. The number of hydrogen-bond acceptors (Lipinski definition) is 5. The van der Waals surface area contributed by atoms with Crippen molar-refractivity contribution in [3.8, 4) is 11.5 Å². The maximum atomic E-state index is 14.1. The summed E-state index contributed by atoms with van der Waals surface area (Å²) in [5, 5.41) is 6.07. The number of pyridine rings is 1. The first-order chi connectivity index (χ1) is 19.2. The molecule has 0 aliphatic rings. The van der Waals surface area contributed by atoms with Gasteiger partial charge in [0.15, 0.2) is 0 Å². The van der Waals surface area contributed by atoms with E-state index < -0.39 is 0 Å². The molecule has 3 aromatic rings. The maximum Gasteiger partial charge on any atom is 0.270 e. The van der Waals surface area contributed by atoms with Crippen molar-refractivity contribution < 1.29 is 19.1 Å². The van der Waals surface area contributed by atoms with Gasteiger partial charge >= 0.3 is 0 Å². The predicted molar refractivity (Wildman–Crippen MR) is 160 cm³/mol. The molecule has 2 unspecified atom stereocenters. The van der Waals surface area contributed by atoms with Crippen molar-refractivity contribution in [1.82, 2.24) is 10.3 Å². The summed E-state index contributed by atoms with van der Waals surface area (Å²) < 4.78 is 11.6. The fraction of sp³-hybridized carbons (Fsp3) is 0.424. The minimum Gasteiger partial charge on any atom is -0.496 e. The number of rotatable bonds is 13. The van der Waals surface area contributed by atoms with Gasteiger partial charge in [-0.15, -0.1) is 0 Å². The van der Waals surface area contributed by atoms with Gasteiger partial charge in [0.2, 0.25) is 5.91 Å². The summed E-state index contributed by atoms with van der Waals surface area (Å²) >= 11 is 0. The smallest absolute Gasteiger partial charge is 0.270 e. The molecule has 0 spiro atoms. The van der Waals surface area contributed by atoms with Gasteiger partial charge in [-0.2, -0.15) is 0 Å². The van der Waals surface area contributed by atoms with Crippen molar-refractivity contribution in [3.63, 3.8) is 0 Å². The third-order valence-electron chi connectivity index (χ3n) is 7.12. The maximum absolute atomic E-state index is 14.1. The summed E-state index contributed by atoms with van der Waals surface area (Å²) in [5.41, 5.74) is 2.51. The van der Waals surface area contributed by atoms with Gasteiger partial charge in [0.25, 0.3) is 5.91 Å². The Kier molecular flexibility index (Phi) is 11.1. The van der Waals surface area contributed by atoms with Gasteiger partial charge in [0.1, 0.15) is 17.2 Å². The molecule has 0 saturated heterocycles. The Balaban J connectivity index is 1.88. The second-order valence-electron chi connectivity index (χ2n) is 11.1. The van der Waals surface area contributed by atoms with Crippen molar-refractivity contribution in [1.29, 1.82) is 0 Å². The number of anilines is 1. The number of aromatic nitrogens is 1. The number of carbonyl (C=O) groups is 2. The molecule has 2 aromatic carbocycles. The lowest BCUT2D eigenvalue weighted by Gasteiger charge is -2.37. The molecule has 0 saturated carbocycles. The van der Waals surface area contributed by atoms with E-state index in [1.165, 1.54) is 0 Å². The Labute approximate surface area is 238 Å². The lowest BCUT2D eigenvalue weighted by atomic mass is 9.68. The normalized spacial score (nSPS) is 12.8. The zero-order chi connectivity index (χ0) is 29.1. The predicted octanol–water partition coefficient (Wildman–Crippen LogP) is 6.99. The number of amides is 2. The largest absolute Gasteiger partial charge is 0.496 e. The van der Waals surface area contributed by atoms with Crippen LogP contribution in [-0.2, 0) is 11.3 Å². The van der Waals surface area contributed by atoms with Crippen molar-refractivity contribution in [2.45, 2.75) is 65.8 Å². The van der Waals surface area contributed by atoms with E-state index in [1.807, 2.05) is 42.5 Å². The second-order valence-corrected chi connectivity index (χ2v) is 11.1. The summed E-state index contributed by atoms with van der Waals surface area (Å²) in [7, 11) is 3.32. The van der Waals surface area contributed by atoms with Gasteiger partial charge in [-0.3, -0.25) is 14.6 Å². The average Bonchev–Trinajstić information content (AvgIpc) is 2.94. The molecule has 0 aliphatic carbocycles. The molecule has 7 nitrogen and oxygen atoms in total. The molecule has 3 rings (SSSR count). The molecule has 0 bridgehead atoms. The van der Waals surface area contributed by atoms with Gasteiger partial charge in [-0.05, 0) is 53.8 Å². The van der Waals surface area contributed by atoms with E-state index >= 15 is 0 Å². The van der Waals surface area contributed by atoms with E-state index in [-0.39, 0.29) is 29.1 Å². The summed E-state index contributed by atoms with van der Waals surface area (Å²) in [4.78, 5) is 30.6. The highest BCUT2D eigenvalue weighted by Crippen LogP contribution is 2.47. The van der Waals surface area contributed by atoms with Crippen molar-refractivity contribution in [2.24, 2.45) is 11.3 Å². The zero-order valence-corrected chi connectivity index (χ0v) is 24.6. The number of hydrogen-bond donors (Lipinski definition) is 2. The topological polar surface area (TPSA) is 89.5 Å². The van der Waals surface area contributed by atoms with Crippen LogP contribution >= 0.6 is 0 Å². The molecule has 0 radical (unpaired) electrons. The Morgan fingerprint density at radius 1 is 0.925 bits per heavy atom. The van der Waals surface area contributed by atoms with Crippen LogP contribution in [0.1, 0.15) is 80.9 Å². The van der Waals surface area contributed by atoms with Crippen molar-refractivity contribution >= 4 is 17.5 Å². The zero-order valence-electron chi connectivity index (χ0n) is 24.6. The van der Waals surface area contributed by atoms with E-state index in [1.54, 1.807) is 38.6 Å². The van der Waals surface area contributed by atoms with Crippen molar-refractivity contribution in [3.05, 3.63) is 83.7 Å². The SMILES string of the molecule is CCCCCC(c1c(OC)cccc1OC)C(C(=O)Nc1cccc(CNC(=O)c2ccccn2)c1)C(C)(C)C. The molecular weight excluding hydrogens is 502 g/mol. The third-order valence-corrected chi connectivity index (χ3v) is 7.12. The van der Waals surface area contributed by atoms with Crippen molar-refractivity contribution in [2.75, 3.05) is 19.5 Å². The van der Waals surface area contributed by atoms with Gasteiger partial charge in [-0.25, -0.2) is 0 Å². The monoisotopic (exact) mass is 545 g/mol. The number of unbranched alkanes of at least 4 members (excludes halogenated alkanes) is 2.